The largest absolute Gasteiger partial charge is 0.454 e. The molecular formula is C22H23NO3. The van der Waals surface area contributed by atoms with Gasteiger partial charge in [-0.2, -0.15) is 0 Å². The number of amides is 1. The van der Waals surface area contributed by atoms with Gasteiger partial charge in [-0.05, 0) is 53.6 Å². The van der Waals surface area contributed by atoms with E-state index in [4.69, 9.17) is 9.47 Å². The zero-order valence-electron chi connectivity index (χ0n) is 15.2. The summed E-state index contributed by atoms with van der Waals surface area (Å²) in [6.45, 7) is 2.63. The number of carbonyl (C=O) groups excluding carboxylic acids is 1. The quantitative estimate of drug-likeness (QED) is 0.784. The highest BCUT2D eigenvalue weighted by molar-refractivity contribution is 5.78. The average Bonchev–Trinajstić information content (AvgIpc) is 3.12. The first-order valence-electron chi connectivity index (χ1n) is 9.35. The van der Waals surface area contributed by atoms with Gasteiger partial charge in [0.25, 0.3) is 0 Å². The highest BCUT2D eigenvalue weighted by atomic mass is 16.7. The van der Waals surface area contributed by atoms with Crippen molar-refractivity contribution in [2.24, 2.45) is 0 Å². The van der Waals surface area contributed by atoms with Crippen molar-refractivity contribution in [2.75, 3.05) is 13.8 Å². The molecule has 2 heterocycles. The number of likely N-dealkylation sites (tertiary alicyclic amines) is 1. The maximum Gasteiger partial charge on any atom is 0.231 e. The van der Waals surface area contributed by atoms with Gasteiger partial charge in [-0.25, -0.2) is 0 Å². The Morgan fingerprint density at radius 2 is 1.81 bits per heavy atom. The summed E-state index contributed by atoms with van der Waals surface area (Å²) in [5, 5.41) is 0. The SMILES string of the molecule is CN1C(=O)CC[C@]2(C)c3ccc(-c4ccc5c(c4)OCO5)cc3CC[C@@H]12. The molecule has 2 atom stereocenters. The van der Waals surface area contributed by atoms with Crippen LogP contribution in [0, 0.1) is 0 Å². The smallest absolute Gasteiger partial charge is 0.231 e. The van der Waals surface area contributed by atoms with Gasteiger partial charge >= 0.3 is 0 Å². The Hall–Kier alpha value is -2.49. The van der Waals surface area contributed by atoms with Crippen LogP contribution >= 0.6 is 0 Å². The number of carbonyl (C=O) groups is 1. The standard InChI is InChI=1S/C22H23NO3/c1-22-10-9-21(24)23(2)20(22)8-5-16-11-14(3-6-17(16)22)15-4-7-18-19(12-15)26-13-25-18/h3-4,6-7,11-12,20H,5,8-10,13H2,1-2H3/t20-,22-/m1/s1. The predicted octanol–water partition coefficient (Wildman–Crippen LogP) is 3.91. The lowest BCUT2D eigenvalue weighted by molar-refractivity contribution is -0.138. The fourth-order valence-electron chi connectivity index (χ4n) is 5.04. The van der Waals surface area contributed by atoms with E-state index in [0.29, 0.717) is 19.3 Å². The van der Waals surface area contributed by atoms with Crippen molar-refractivity contribution in [3.63, 3.8) is 0 Å². The van der Waals surface area contributed by atoms with Crippen LogP contribution in [0.2, 0.25) is 0 Å². The minimum absolute atomic E-state index is 0.0592. The van der Waals surface area contributed by atoms with E-state index in [1.54, 1.807) is 0 Å². The van der Waals surface area contributed by atoms with Gasteiger partial charge in [0, 0.05) is 24.9 Å². The number of hydrogen-bond donors (Lipinski definition) is 0. The van der Waals surface area contributed by atoms with E-state index in [0.717, 1.165) is 36.3 Å². The molecule has 1 amide bonds. The summed E-state index contributed by atoms with van der Waals surface area (Å²) >= 11 is 0. The van der Waals surface area contributed by atoms with Crippen LogP contribution in [0.25, 0.3) is 11.1 Å². The lowest BCUT2D eigenvalue weighted by atomic mass is 9.63. The van der Waals surface area contributed by atoms with Crippen molar-refractivity contribution >= 4 is 5.91 Å². The Morgan fingerprint density at radius 1 is 1.04 bits per heavy atom. The van der Waals surface area contributed by atoms with Gasteiger partial charge in [0.1, 0.15) is 0 Å². The van der Waals surface area contributed by atoms with E-state index in [9.17, 15) is 4.79 Å². The van der Waals surface area contributed by atoms with Crippen LogP contribution in [0.3, 0.4) is 0 Å². The lowest BCUT2D eigenvalue weighted by Crippen LogP contribution is -2.56. The molecule has 26 heavy (non-hydrogen) atoms. The van der Waals surface area contributed by atoms with Gasteiger partial charge in [-0.15, -0.1) is 0 Å². The predicted molar refractivity (Wildman–Crippen MR) is 99.5 cm³/mol. The maximum atomic E-state index is 12.1. The molecule has 3 aliphatic rings. The van der Waals surface area contributed by atoms with Gasteiger partial charge in [-0.3, -0.25) is 4.79 Å². The number of hydrogen-bond acceptors (Lipinski definition) is 3. The summed E-state index contributed by atoms with van der Waals surface area (Å²) in [5.41, 5.74) is 5.26. The Bertz CT molecular complexity index is 906. The second kappa shape index (κ2) is 5.50. The molecule has 134 valence electrons. The molecule has 0 N–H and O–H groups in total. The van der Waals surface area contributed by atoms with E-state index in [1.165, 1.54) is 16.7 Å². The van der Waals surface area contributed by atoms with Crippen LogP contribution in [0.15, 0.2) is 36.4 Å². The molecular weight excluding hydrogens is 326 g/mol. The number of nitrogens with zero attached hydrogens (tertiary/aromatic N) is 1. The first kappa shape index (κ1) is 15.7. The summed E-state index contributed by atoms with van der Waals surface area (Å²) in [7, 11) is 1.97. The van der Waals surface area contributed by atoms with Crippen LogP contribution < -0.4 is 9.47 Å². The highest BCUT2D eigenvalue weighted by Crippen LogP contribution is 2.46. The first-order chi connectivity index (χ1) is 12.6. The molecule has 4 nitrogen and oxygen atoms in total. The van der Waals surface area contributed by atoms with Crippen LogP contribution in [-0.2, 0) is 16.6 Å². The summed E-state index contributed by atoms with van der Waals surface area (Å²) in [6, 6.07) is 13.3. The molecule has 0 unspecified atom stereocenters. The molecule has 1 aliphatic carbocycles. The van der Waals surface area contributed by atoms with Crippen molar-refractivity contribution in [1.82, 2.24) is 4.90 Å². The van der Waals surface area contributed by atoms with Crippen molar-refractivity contribution in [1.29, 1.82) is 0 Å². The van der Waals surface area contributed by atoms with Crippen LogP contribution in [-0.4, -0.2) is 30.7 Å². The molecule has 2 aliphatic heterocycles. The van der Waals surface area contributed by atoms with Gasteiger partial charge in [0.15, 0.2) is 11.5 Å². The minimum atomic E-state index is 0.0592. The third-order valence-corrected chi connectivity index (χ3v) is 6.57. The Morgan fingerprint density at radius 3 is 2.69 bits per heavy atom. The molecule has 2 aromatic carbocycles. The maximum absolute atomic E-state index is 12.1. The lowest BCUT2D eigenvalue weighted by Gasteiger charge is -2.50. The molecule has 0 aromatic heterocycles. The molecule has 0 radical (unpaired) electrons. The number of ether oxygens (including phenoxy) is 2. The number of aryl methyl sites for hydroxylation is 1. The second-order valence-electron chi connectivity index (χ2n) is 7.92. The average molecular weight is 349 g/mol. The van der Waals surface area contributed by atoms with Gasteiger partial charge < -0.3 is 14.4 Å². The van der Waals surface area contributed by atoms with Crippen molar-refractivity contribution in [2.45, 2.75) is 44.1 Å². The van der Waals surface area contributed by atoms with Crippen LogP contribution in [0.4, 0.5) is 0 Å². The summed E-state index contributed by atoms with van der Waals surface area (Å²) < 4.78 is 10.9. The number of likely N-dealkylation sites (N-methyl/N-ethyl adjacent to an activating group) is 1. The van der Waals surface area contributed by atoms with E-state index in [1.807, 2.05) is 18.0 Å². The topological polar surface area (TPSA) is 38.8 Å². The third kappa shape index (κ3) is 2.17. The second-order valence-corrected chi connectivity index (χ2v) is 7.92. The van der Waals surface area contributed by atoms with Crippen LogP contribution in [0.5, 0.6) is 11.5 Å². The molecule has 0 bridgehead atoms. The zero-order chi connectivity index (χ0) is 17.9. The molecule has 0 saturated carbocycles. The van der Waals surface area contributed by atoms with Gasteiger partial charge in [0.2, 0.25) is 12.7 Å². The minimum Gasteiger partial charge on any atom is -0.454 e. The fourth-order valence-corrected chi connectivity index (χ4v) is 5.04. The summed E-state index contributed by atoms with van der Waals surface area (Å²) in [5.74, 6) is 1.92. The molecule has 4 heteroatoms. The van der Waals surface area contributed by atoms with Crippen molar-refractivity contribution < 1.29 is 14.3 Å². The van der Waals surface area contributed by atoms with E-state index in [-0.39, 0.29) is 11.3 Å². The molecule has 1 fully saturated rings. The highest BCUT2D eigenvalue weighted by Gasteiger charge is 2.46. The summed E-state index contributed by atoms with van der Waals surface area (Å²) in [6.07, 6.45) is 3.64. The van der Waals surface area contributed by atoms with Gasteiger partial charge in [-0.1, -0.05) is 31.2 Å². The van der Waals surface area contributed by atoms with Crippen molar-refractivity contribution in [3.8, 4) is 22.6 Å². The molecule has 1 saturated heterocycles. The monoisotopic (exact) mass is 349 g/mol. The molecule has 5 rings (SSSR count). The Balaban J connectivity index is 1.54. The van der Waals surface area contributed by atoms with E-state index in [2.05, 4.69) is 37.3 Å². The molecule has 0 spiro atoms. The zero-order valence-corrected chi connectivity index (χ0v) is 15.2. The number of rotatable bonds is 1. The molecule has 2 aromatic rings. The van der Waals surface area contributed by atoms with Gasteiger partial charge in [0.05, 0.1) is 0 Å². The van der Waals surface area contributed by atoms with Crippen LogP contribution in [0.1, 0.15) is 37.3 Å². The van der Waals surface area contributed by atoms with E-state index >= 15 is 0 Å². The van der Waals surface area contributed by atoms with E-state index < -0.39 is 0 Å². The number of benzene rings is 2. The fraction of sp³-hybridized carbons (Fsp3) is 0.409. The van der Waals surface area contributed by atoms with Crippen molar-refractivity contribution in [3.05, 3.63) is 47.5 Å². The normalized spacial score (nSPS) is 26.5. The number of fused-ring (bicyclic) bond motifs is 4. The first-order valence-corrected chi connectivity index (χ1v) is 9.35. The summed E-state index contributed by atoms with van der Waals surface area (Å²) in [4.78, 5) is 14.1. The third-order valence-electron chi connectivity index (χ3n) is 6.57. The Kier molecular flexibility index (Phi) is 3.33. The Labute approximate surface area is 153 Å². The number of piperidine rings is 1.